The summed E-state index contributed by atoms with van der Waals surface area (Å²) in [7, 11) is 0. The van der Waals surface area contributed by atoms with E-state index in [1.165, 1.54) is 17.0 Å². The molecule has 25 heavy (non-hydrogen) atoms. The third-order valence-corrected chi connectivity index (χ3v) is 6.17. The lowest BCUT2D eigenvalue weighted by Crippen LogP contribution is -2.49. The number of H-pyrrole nitrogens is 1. The van der Waals surface area contributed by atoms with Gasteiger partial charge in [-0.25, -0.2) is 0 Å². The maximum absolute atomic E-state index is 13.2. The number of hydrogen-bond donors (Lipinski definition) is 1. The van der Waals surface area contributed by atoms with Crippen LogP contribution < -0.4 is 0 Å². The standard InChI is InChI=1S/C20H30N2O3/c1-5-15-12(2)21-17-8-13-6-7-22(10-16(13)19(23)18(15)17)9-14-11-24-20(3,4)25-14/h13-14,16,21H,5-11H2,1-4H3/t13-,14-,16+/m0/s1. The normalized spacial score (nSPS) is 31.8. The summed E-state index contributed by atoms with van der Waals surface area (Å²) in [5, 5.41) is 0. The minimum absolute atomic E-state index is 0.113. The van der Waals surface area contributed by atoms with Gasteiger partial charge in [0.15, 0.2) is 11.6 Å². The number of nitrogens with zero attached hydrogens (tertiary/aromatic N) is 1. The van der Waals surface area contributed by atoms with E-state index in [-0.39, 0.29) is 12.0 Å². The number of carbonyl (C=O) groups is 1. The Morgan fingerprint density at radius 1 is 1.36 bits per heavy atom. The number of piperidine rings is 1. The molecule has 138 valence electrons. The molecular formula is C20H30N2O3. The molecule has 0 spiro atoms. The summed E-state index contributed by atoms with van der Waals surface area (Å²) < 4.78 is 11.6. The molecule has 1 aliphatic carbocycles. The zero-order valence-electron chi connectivity index (χ0n) is 15.9. The zero-order chi connectivity index (χ0) is 17.8. The van der Waals surface area contributed by atoms with Crippen LogP contribution in [0.25, 0.3) is 0 Å². The second kappa shape index (κ2) is 6.22. The van der Waals surface area contributed by atoms with E-state index in [9.17, 15) is 4.79 Å². The third-order valence-electron chi connectivity index (χ3n) is 6.17. The molecule has 3 atom stereocenters. The van der Waals surface area contributed by atoms with Gasteiger partial charge in [0, 0.05) is 36.0 Å². The van der Waals surface area contributed by atoms with Crippen LogP contribution >= 0.6 is 0 Å². The maximum Gasteiger partial charge on any atom is 0.169 e. The fourth-order valence-corrected chi connectivity index (χ4v) is 4.99. The molecule has 5 nitrogen and oxygen atoms in total. The van der Waals surface area contributed by atoms with E-state index in [2.05, 4.69) is 23.7 Å². The minimum Gasteiger partial charge on any atom is -0.362 e. The molecule has 1 aromatic rings. The number of ketones is 1. The van der Waals surface area contributed by atoms with E-state index >= 15 is 0 Å². The van der Waals surface area contributed by atoms with Gasteiger partial charge in [0.25, 0.3) is 0 Å². The highest BCUT2D eigenvalue weighted by molar-refractivity contribution is 6.02. The van der Waals surface area contributed by atoms with Crippen LogP contribution in [0.5, 0.6) is 0 Å². The molecule has 0 aromatic carbocycles. The molecule has 0 saturated carbocycles. The molecule has 5 heteroatoms. The second-order valence-electron chi connectivity index (χ2n) is 8.37. The quantitative estimate of drug-likeness (QED) is 0.914. The minimum atomic E-state index is -0.475. The van der Waals surface area contributed by atoms with Gasteiger partial charge in [0.1, 0.15) is 0 Å². The van der Waals surface area contributed by atoms with Crippen LogP contribution in [0, 0.1) is 18.8 Å². The number of aromatic amines is 1. The van der Waals surface area contributed by atoms with Crippen molar-refractivity contribution in [1.29, 1.82) is 0 Å². The second-order valence-corrected chi connectivity index (χ2v) is 8.37. The van der Waals surface area contributed by atoms with Gasteiger partial charge in [-0.05, 0) is 58.1 Å². The van der Waals surface area contributed by atoms with Gasteiger partial charge in [-0.3, -0.25) is 9.69 Å². The summed E-state index contributed by atoms with van der Waals surface area (Å²) in [6.07, 6.45) is 3.15. The van der Waals surface area contributed by atoms with Crippen LogP contribution in [0.15, 0.2) is 0 Å². The van der Waals surface area contributed by atoms with Crippen molar-refractivity contribution in [3.8, 4) is 0 Å². The van der Waals surface area contributed by atoms with Crippen molar-refractivity contribution in [3.63, 3.8) is 0 Å². The number of fused-ring (bicyclic) bond motifs is 2. The summed E-state index contributed by atoms with van der Waals surface area (Å²) in [6.45, 7) is 11.6. The smallest absolute Gasteiger partial charge is 0.169 e. The van der Waals surface area contributed by atoms with Crippen molar-refractivity contribution >= 4 is 5.78 Å². The van der Waals surface area contributed by atoms with E-state index in [0.717, 1.165) is 44.5 Å². The number of rotatable bonds is 3. The average Bonchev–Trinajstić information content (AvgIpc) is 3.06. The first kappa shape index (κ1) is 17.3. The Morgan fingerprint density at radius 3 is 2.84 bits per heavy atom. The van der Waals surface area contributed by atoms with Gasteiger partial charge in [-0.15, -0.1) is 0 Å². The van der Waals surface area contributed by atoms with Gasteiger partial charge in [-0.2, -0.15) is 0 Å². The van der Waals surface area contributed by atoms with E-state index in [1.54, 1.807) is 0 Å². The van der Waals surface area contributed by atoms with Crippen LogP contribution in [0.4, 0.5) is 0 Å². The lowest BCUT2D eigenvalue weighted by molar-refractivity contribution is -0.141. The molecular weight excluding hydrogens is 316 g/mol. The van der Waals surface area contributed by atoms with Crippen LogP contribution in [-0.2, 0) is 22.3 Å². The summed E-state index contributed by atoms with van der Waals surface area (Å²) in [6, 6.07) is 0. The molecule has 3 heterocycles. The lowest BCUT2D eigenvalue weighted by Gasteiger charge is -2.41. The lowest BCUT2D eigenvalue weighted by atomic mass is 9.72. The van der Waals surface area contributed by atoms with Crippen molar-refractivity contribution in [1.82, 2.24) is 9.88 Å². The first-order valence-electron chi connectivity index (χ1n) is 9.66. The summed E-state index contributed by atoms with van der Waals surface area (Å²) >= 11 is 0. The maximum atomic E-state index is 13.2. The number of Topliss-reactive ketones (excluding diaryl/α,β-unsaturated/α-hetero) is 1. The Labute approximate surface area is 150 Å². The number of ether oxygens (including phenoxy) is 2. The molecule has 0 radical (unpaired) electrons. The van der Waals surface area contributed by atoms with Gasteiger partial charge in [0.05, 0.1) is 12.7 Å². The van der Waals surface area contributed by atoms with Gasteiger partial charge < -0.3 is 14.5 Å². The fourth-order valence-electron chi connectivity index (χ4n) is 4.99. The Kier molecular flexibility index (Phi) is 4.29. The topological polar surface area (TPSA) is 54.6 Å². The van der Waals surface area contributed by atoms with Crippen LogP contribution in [0.3, 0.4) is 0 Å². The highest BCUT2D eigenvalue weighted by Gasteiger charge is 2.42. The molecule has 1 aromatic heterocycles. The van der Waals surface area contributed by atoms with Crippen molar-refractivity contribution < 1.29 is 14.3 Å². The molecule has 2 fully saturated rings. The summed E-state index contributed by atoms with van der Waals surface area (Å²) in [5.41, 5.74) is 4.59. The fraction of sp³-hybridized carbons (Fsp3) is 0.750. The van der Waals surface area contributed by atoms with E-state index in [0.29, 0.717) is 18.3 Å². The van der Waals surface area contributed by atoms with Crippen molar-refractivity contribution in [2.75, 3.05) is 26.2 Å². The number of nitrogens with one attached hydrogen (secondary N) is 1. The number of likely N-dealkylation sites (tertiary alicyclic amines) is 1. The molecule has 0 unspecified atom stereocenters. The van der Waals surface area contributed by atoms with Crippen LogP contribution in [0.2, 0.25) is 0 Å². The number of aromatic nitrogens is 1. The molecule has 1 N–H and O–H groups in total. The van der Waals surface area contributed by atoms with E-state index < -0.39 is 5.79 Å². The molecule has 4 rings (SSSR count). The largest absolute Gasteiger partial charge is 0.362 e. The highest BCUT2D eigenvalue weighted by Crippen LogP contribution is 2.38. The summed E-state index contributed by atoms with van der Waals surface area (Å²) in [5.74, 6) is 0.506. The van der Waals surface area contributed by atoms with Crippen molar-refractivity contribution in [3.05, 3.63) is 22.5 Å². The predicted octanol–water partition coefficient (Wildman–Crippen LogP) is 2.71. The Balaban J connectivity index is 1.48. The van der Waals surface area contributed by atoms with Gasteiger partial charge in [-0.1, -0.05) is 6.92 Å². The first-order valence-corrected chi connectivity index (χ1v) is 9.66. The Bertz CT molecular complexity index is 679. The number of carbonyl (C=O) groups excluding carboxylic acids is 1. The predicted molar refractivity (Wildman–Crippen MR) is 95.9 cm³/mol. The molecule has 2 saturated heterocycles. The number of aryl methyl sites for hydroxylation is 1. The Morgan fingerprint density at radius 2 is 2.16 bits per heavy atom. The first-order chi connectivity index (χ1) is 11.9. The molecule has 3 aliphatic rings. The van der Waals surface area contributed by atoms with Crippen molar-refractivity contribution in [2.24, 2.45) is 11.8 Å². The van der Waals surface area contributed by atoms with Crippen molar-refractivity contribution in [2.45, 2.75) is 58.8 Å². The number of hydrogen-bond acceptors (Lipinski definition) is 4. The van der Waals surface area contributed by atoms with E-state index in [1.807, 2.05) is 13.8 Å². The average molecular weight is 346 g/mol. The molecule has 0 amide bonds. The molecule has 0 bridgehead atoms. The zero-order valence-corrected chi connectivity index (χ0v) is 15.9. The van der Waals surface area contributed by atoms with Gasteiger partial charge in [0.2, 0.25) is 0 Å². The monoisotopic (exact) mass is 346 g/mol. The highest BCUT2D eigenvalue weighted by atomic mass is 16.7. The SMILES string of the molecule is CCc1c(C)[nH]c2c1C(=O)[C@@H]1CN(C[C@H]3COC(C)(C)O3)CC[C@H]1C2. The van der Waals surface area contributed by atoms with Crippen LogP contribution in [0.1, 0.15) is 54.5 Å². The molecule has 2 aliphatic heterocycles. The van der Waals surface area contributed by atoms with Crippen LogP contribution in [-0.4, -0.2) is 53.8 Å². The van der Waals surface area contributed by atoms with Gasteiger partial charge >= 0.3 is 0 Å². The Hall–Kier alpha value is -1.17. The summed E-state index contributed by atoms with van der Waals surface area (Å²) in [4.78, 5) is 19.1. The third kappa shape index (κ3) is 3.07. The van der Waals surface area contributed by atoms with E-state index in [4.69, 9.17) is 9.47 Å².